The van der Waals surface area contributed by atoms with Crippen LogP contribution in [0.2, 0.25) is 0 Å². The molecule has 2 unspecified atom stereocenters. The first-order valence-corrected chi connectivity index (χ1v) is 9.86. The molecule has 2 heterocycles. The molecule has 2 atom stereocenters. The Morgan fingerprint density at radius 1 is 1.36 bits per heavy atom. The van der Waals surface area contributed by atoms with E-state index in [0.29, 0.717) is 22.6 Å². The highest BCUT2D eigenvalue weighted by molar-refractivity contribution is 6.04. The molecule has 0 spiro atoms. The van der Waals surface area contributed by atoms with Crippen molar-refractivity contribution >= 4 is 22.6 Å². The minimum atomic E-state index is -0.513. The van der Waals surface area contributed by atoms with Crippen molar-refractivity contribution in [1.29, 1.82) is 0 Å². The van der Waals surface area contributed by atoms with Gasteiger partial charge in [-0.1, -0.05) is 26.0 Å². The van der Waals surface area contributed by atoms with Gasteiger partial charge in [-0.15, -0.1) is 5.11 Å². The molecule has 7 heteroatoms. The Balaban J connectivity index is 1.70. The summed E-state index contributed by atoms with van der Waals surface area (Å²) >= 11 is 0. The minimum Gasteiger partial charge on any atom is -0.461 e. The van der Waals surface area contributed by atoms with E-state index in [1.807, 2.05) is 5.01 Å². The van der Waals surface area contributed by atoms with Crippen LogP contribution >= 0.6 is 0 Å². The summed E-state index contributed by atoms with van der Waals surface area (Å²) in [7, 11) is 0. The van der Waals surface area contributed by atoms with Crippen LogP contribution in [-0.2, 0) is 4.74 Å². The summed E-state index contributed by atoms with van der Waals surface area (Å²) in [5.41, 5.74) is 1.68. The van der Waals surface area contributed by atoms with Gasteiger partial charge in [-0.2, -0.15) is 0 Å². The number of hydrogen-bond acceptors (Lipinski definition) is 4. The molecular formula is C21H27FN4O2. The largest absolute Gasteiger partial charge is 0.461 e. The standard InChI is InChI=1S/C21H27FN4O2/c1-5-28-19(27)18-17(15-8-13(22)6-7-16(15)23-18)24-25-26-12-21(4)10-14(26)9-20(2,3)11-21/h6-8,14,23H,5,9-12H2,1-4H3. The third-order valence-corrected chi connectivity index (χ3v) is 5.86. The van der Waals surface area contributed by atoms with Crippen LogP contribution in [0, 0.1) is 16.6 Å². The van der Waals surface area contributed by atoms with Crippen LogP contribution in [0.5, 0.6) is 0 Å². The molecule has 2 aliphatic rings. The molecule has 2 fully saturated rings. The van der Waals surface area contributed by atoms with Crippen LogP contribution in [0.4, 0.5) is 10.1 Å². The number of benzene rings is 1. The lowest BCUT2D eigenvalue weighted by Crippen LogP contribution is -2.33. The summed E-state index contributed by atoms with van der Waals surface area (Å²) in [6.45, 7) is 9.76. The predicted octanol–water partition coefficient (Wildman–Crippen LogP) is 5.38. The van der Waals surface area contributed by atoms with Gasteiger partial charge in [0.15, 0.2) is 5.69 Å². The molecule has 4 rings (SSSR count). The number of carbonyl (C=O) groups is 1. The van der Waals surface area contributed by atoms with Crippen LogP contribution in [-0.4, -0.2) is 35.2 Å². The molecule has 2 bridgehead atoms. The molecule has 1 aliphatic carbocycles. The van der Waals surface area contributed by atoms with E-state index in [9.17, 15) is 9.18 Å². The lowest BCUT2D eigenvalue weighted by molar-refractivity contribution is 0.0521. The fraction of sp³-hybridized carbons (Fsp3) is 0.571. The monoisotopic (exact) mass is 386 g/mol. The highest BCUT2D eigenvalue weighted by Gasteiger charge is 2.49. The normalized spacial score (nSPS) is 26.3. The van der Waals surface area contributed by atoms with Gasteiger partial charge in [0.25, 0.3) is 0 Å². The fourth-order valence-electron chi connectivity index (χ4n) is 5.24. The Kier molecular flexibility index (Phi) is 4.43. The van der Waals surface area contributed by atoms with Crippen LogP contribution < -0.4 is 0 Å². The van der Waals surface area contributed by atoms with Gasteiger partial charge < -0.3 is 9.72 Å². The van der Waals surface area contributed by atoms with Crippen LogP contribution in [0.3, 0.4) is 0 Å². The van der Waals surface area contributed by atoms with Crippen molar-refractivity contribution in [3.63, 3.8) is 0 Å². The number of ether oxygens (including phenoxy) is 1. The third-order valence-electron chi connectivity index (χ3n) is 5.86. The molecule has 28 heavy (non-hydrogen) atoms. The average molecular weight is 386 g/mol. The number of halogens is 1. The maximum absolute atomic E-state index is 13.8. The topological polar surface area (TPSA) is 70.0 Å². The summed E-state index contributed by atoms with van der Waals surface area (Å²) in [6.07, 6.45) is 3.33. The van der Waals surface area contributed by atoms with Crippen LogP contribution in [0.15, 0.2) is 28.5 Å². The summed E-state index contributed by atoms with van der Waals surface area (Å²) < 4.78 is 18.9. The predicted molar refractivity (Wildman–Crippen MR) is 105 cm³/mol. The van der Waals surface area contributed by atoms with Gasteiger partial charge in [0.05, 0.1) is 6.61 Å². The molecule has 150 valence electrons. The first-order valence-electron chi connectivity index (χ1n) is 9.86. The Morgan fingerprint density at radius 2 is 2.14 bits per heavy atom. The van der Waals surface area contributed by atoms with E-state index in [1.54, 1.807) is 13.0 Å². The van der Waals surface area contributed by atoms with E-state index in [1.165, 1.54) is 12.1 Å². The smallest absolute Gasteiger partial charge is 0.357 e. The summed E-state index contributed by atoms with van der Waals surface area (Å²) in [5.74, 6) is -0.897. The Labute approximate surface area is 164 Å². The lowest BCUT2D eigenvalue weighted by Gasteiger charge is -2.39. The van der Waals surface area contributed by atoms with Crippen LogP contribution in [0.25, 0.3) is 10.9 Å². The summed E-state index contributed by atoms with van der Waals surface area (Å²) in [5, 5.41) is 11.5. The molecule has 1 saturated carbocycles. The molecule has 6 nitrogen and oxygen atoms in total. The quantitative estimate of drug-likeness (QED) is 0.566. The van der Waals surface area contributed by atoms with Crippen LogP contribution in [0.1, 0.15) is 57.4 Å². The van der Waals surface area contributed by atoms with Gasteiger partial charge in [-0.3, -0.25) is 5.01 Å². The Morgan fingerprint density at radius 3 is 2.89 bits per heavy atom. The zero-order valence-electron chi connectivity index (χ0n) is 16.9. The highest BCUT2D eigenvalue weighted by Crippen LogP contribution is 2.52. The first-order chi connectivity index (χ1) is 13.2. The van der Waals surface area contributed by atoms with Crippen molar-refractivity contribution in [2.45, 2.75) is 53.0 Å². The fourth-order valence-corrected chi connectivity index (χ4v) is 5.24. The second kappa shape index (κ2) is 6.57. The number of nitrogens with zero attached hydrogens (tertiary/aromatic N) is 3. The van der Waals surface area contributed by atoms with Crippen molar-refractivity contribution in [2.75, 3.05) is 13.2 Å². The van der Waals surface area contributed by atoms with Gasteiger partial charge in [-0.05, 0) is 55.2 Å². The number of nitrogens with one attached hydrogen (secondary N) is 1. The maximum atomic E-state index is 13.8. The second-order valence-electron chi connectivity index (χ2n) is 9.26. The second-order valence-corrected chi connectivity index (χ2v) is 9.26. The SMILES string of the molecule is CCOC(=O)c1[nH]c2ccc(F)cc2c1N=NN1CC2(C)CC1CC(C)(C)C2. The Hall–Kier alpha value is -2.44. The summed E-state index contributed by atoms with van der Waals surface area (Å²) in [6, 6.07) is 4.65. The lowest BCUT2D eigenvalue weighted by atomic mass is 9.65. The van der Waals surface area contributed by atoms with E-state index >= 15 is 0 Å². The zero-order valence-corrected chi connectivity index (χ0v) is 16.9. The van der Waals surface area contributed by atoms with E-state index in [-0.39, 0.29) is 28.9 Å². The third kappa shape index (κ3) is 3.38. The molecule has 1 aromatic carbocycles. The molecule has 1 saturated heterocycles. The molecule has 1 N–H and O–H groups in total. The first kappa shape index (κ1) is 18.9. The van der Waals surface area contributed by atoms with Crippen molar-refractivity contribution in [3.05, 3.63) is 29.7 Å². The number of carbonyl (C=O) groups excluding carboxylic acids is 1. The number of rotatable bonds is 4. The van der Waals surface area contributed by atoms with Crippen molar-refractivity contribution in [3.8, 4) is 0 Å². The number of hydrogen-bond donors (Lipinski definition) is 1. The molecule has 1 aliphatic heterocycles. The van der Waals surface area contributed by atoms with Gasteiger partial charge >= 0.3 is 5.97 Å². The molecular weight excluding hydrogens is 359 g/mol. The van der Waals surface area contributed by atoms with Gasteiger partial charge in [-0.25, -0.2) is 9.18 Å². The van der Waals surface area contributed by atoms with Crippen molar-refractivity contribution < 1.29 is 13.9 Å². The zero-order chi connectivity index (χ0) is 20.1. The van der Waals surface area contributed by atoms with Crippen molar-refractivity contribution in [1.82, 2.24) is 9.99 Å². The maximum Gasteiger partial charge on any atom is 0.357 e. The summed E-state index contributed by atoms with van der Waals surface area (Å²) in [4.78, 5) is 15.4. The van der Waals surface area contributed by atoms with E-state index in [2.05, 4.69) is 36.1 Å². The van der Waals surface area contributed by atoms with Gasteiger partial charge in [0, 0.05) is 23.5 Å². The molecule has 1 aromatic heterocycles. The number of aromatic amines is 1. The molecule has 2 aromatic rings. The molecule has 0 radical (unpaired) electrons. The Bertz CT molecular complexity index is 951. The van der Waals surface area contributed by atoms with E-state index < -0.39 is 5.97 Å². The average Bonchev–Trinajstić information content (AvgIpc) is 3.06. The highest BCUT2D eigenvalue weighted by atomic mass is 19.1. The minimum absolute atomic E-state index is 0.208. The number of fused-ring (bicyclic) bond motifs is 3. The number of H-pyrrole nitrogens is 1. The van der Waals surface area contributed by atoms with E-state index in [0.717, 1.165) is 25.8 Å². The van der Waals surface area contributed by atoms with Gasteiger partial charge in [0.1, 0.15) is 11.5 Å². The van der Waals surface area contributed by atoms with Gasteiger partial charge in [0.2, 0.25) is 0 Å². The number of esters is 1. The molecule has 0 amide bonds. The number of aromatic nitrogens is 1. The van der Waals surface area contributed by atoms with E-state index in [4.69, 9.17) is 4.74 Å². The van der Waals surface area contributed by atoms with Crippen molar-refractivity contribution in [2.24, 2.45) is 21.2 Å².